The summed E-state index contributed by atoms with van der Waals surface area (Å²) >= 11 is 0. The van der Waals surface area contributed by atoms with E-state index in [1.165, 1.54) is 0 Å². The molecule has 6 nitrogen and oxygen atoms in total. The molecule has 0 spiro atoms. The zero-order valence-corrected chi connectivity index (χ0v) is 14.1. The minimum Gasteiger partial charge on any atom is -0.445 e. The van der Waals surface area contributed by atoms with Crippen molar-refractivity contribution in [3.05, 3.63) is 35.9 Å². The van der Waals surface area contributed by atoms with E-state index in [9.17, 15) is 4.79 Å². The first-order chi connectivity index (χ1) is 11.7. The lowest BCUT2D eigenvalue weighted by molar-refractivity contribution is 0.112. The molecule has 24 heavy (non-hydrogen) atoms. The molecule has 0 radical (unpaired) electrons. The molecule has 0 aromatic heterocycles. The van der Waals surface area contributed by atoms with E-state index in [0.29, 0.717) is 38.5 Å². The number of aliphatic hydroxyl groups is 3. The number of amides is 1. The number of carbonyl (C=O) groups is 1. The third-order valence-electron chi connectivity index (χ3n) is 4.02. The number of nitrogens with one attached hydrogen (secondary N) is 1. The molecule has 0 fully saturated rings. The molecular formula is C18H29NO5. The van der Waals surface area contributed by atoms with Gasteiger partial charge in [-0.15, -0.1) is 0 Å². The van der Waals surface area contributed by atoms with Gasteiger partial charge in [0.1, 0.15) is 6.61 Å². The molecule has 4 N–H and O–H groups in total. The second-order valence-electron chi connectivity index (χ2n) is 5.95. The lowest BCUT2D eigenvalue weighted by Crippen LogP contribution is -2.49. The van der Waals surface area contributed by atoms with Crippen LogP contribution in [0.1, 0.15) is 44.1 Å². The second kappa shape index (κ2) is 11.8. The maximum Gasteiger partial charge on any atom is 0.407 e. The zero-order valence-electron chi connectivity index (χ0n) is 14.1. The van der Waals surface area contributed by atoms with E-state index in [0.717, 1.165) is 5.56 Å². The molecule has 0 saturated carbocycles. The summed E-state index contributed by atoms with van der Waals surface area (Å²) < 4.78 is 5.29. The van der Waals surface area contributed by atoms with Crippen molar-refractivity contribution < 1.29 is 24.9 Å². The van der Waals surface area contributed by atoms with Gasteiger partial charge >= 0.3 is 6.09 Å². The fourth-order valence-corrected chi connectivity index (χ4v) is 2.79. The smallest absolute Gasteiger partial charge is 0.407 e. The number of alkyl carbamates (subject to hydrolysis) is 1. The molecule has 0 heterocycles. The predicted molar refractivity (Wildman–Crippen MR) is 91.5 cm³/mol. The number of hydrogen-bond donors (Lipinski definition) is 4. The Balaban J connectivity index is 2.66. The van der Waals surface area contributed by atoms with E-state index in [2.05, 4.69) is 5.32 Å². The average Bonchev–Trinajstić information content (AvgIpc) is 2.62. The number of benzene rings is 1. The van der Waals surface area contributed by atoms with Gasteiger partial charge < -0.3 is 25.4 Å². The van der Waals surface area contributed by atoms with Crippen LogP contribution in [0.25, 0.3) is 0 Å². The molecule has 6 heteroatoms. The fourth-order valence-electron chi connectivity index (χ4n) is 2.79. The summed E-state index contributed by atoms with van der Waals surface area (Å²) in [4.78, 5) is 12.2. The molecule has 0 atom stereocenters. The summed E-state index contributed by atoms with van der Waals surface area (Å²) in [5.41, 5.74) is 0.321. The van der Waals surface area contributed by atoms with Gasteiger partial charge in [0.25, 0.3) is 0 Å². The first-order valence-electron chi connectivity index (χ1n) is 8.47. The molecule has 1 aromatic rings. The lowest BCUT2D eigenvalue weighted by atomic mass is 9.84. The molecule has 0 unspecified atom stereocenters. The second-order valence-corrected chi connectivity index (χ2v) is 5.95. The van der Waals surface area contributed by atoms with Crippen molar-refractivity contribution in [2.75, 3.05) is 19.8 Å². The maximum absolute atomic E-state index is 12.2. The maximum atomic E-state index is 12.2. The van der Waals surface area contributed by atoms with Gasteiger partial charge in [-0.2, -0.15) is 0 Å². The minimum absolute atomic E-state index is 0.0285. The minimum atomic E-state index is -0.581. The van der Waals surface area contributed by atoms with Crippen molar-refractivity contribution in [2.24, 2.45) is 0 Å². The Kier molecular flexibility index (Phi) is 10.1. The monoisotopic (exact) mass is 339 g/mol. The molecule has 136 valence electrons. The van der Waals surface area contributed by atoms with Crippen LogP contribution in [0.15, 0.2) is 30.3 Å². The highest BCUT2D eigenvalue weighted by Crippen LogP contribution is 2.25. The van der Waals surface area contributed by atoms with Gasteiger partial charge in [-0.3, -0.25) is 0 Å². The molecule has 0 aliphatic rings. The SMILES string of the molecule is O=C(NC(CCCO)(CCCO)CCCO)OCc1ccccc1. The standard InChI is InChI=1S/C18H29NO5/c20-12-4-9-18(10-5-13-21,11-6-14-22)19-17(23)24-15-16-7-2-1-3-8-16/h1-3,7-8,20-22H,4-6,9-15H2,(H,19,23). The van der Waals surface area contributed by atoms with Crippen LogP contribution in [0.5, 0.6) is 0 Å². The molecule has 0 saturated heterocycles. The van der Waals surface area contributed by atoms with Crippen LogP contribution < -0.4 is 5.32 Å². The third kappa shape index (κ3) is 7.77. The normalized spacial score (nSPS) is 11.3. The van der Waals surface area contributed by atoms with E-state index < -0.39 is 11.6 Å². The van der Waals surface area contributed by atoms with Crippen molar-refractivity contribution >= 4 is 6.09 Å². The average molecular weight is 339 g/mol. The fraction of sp³-hybridized carbons (Fsp3) is 0.611. The van der Waals surface area contributed by atoms with Crippen molar-refractivity contribution in [3.63, 3.8) is 0 Å². The van der Waals surface area contributed by atoms with Gasteiger partial charge in [-0.05, 0) is 44.1 Å². The van der Waals surface area contributed by atoms with Crippen LogP contribution in [0.2, 0.25) is 0 Å². The Morgan fingerprint density at radius 2 is 1.42 bits per heavy atom. The van der Waals surface area contributed by atoms with Crippen LogP contribution in [0.4, 0.5) is 4.79 Å². The molecule has 0 aliphatic heterocycles. The Morgan fingerprint density at radius 3 is 1.88 bits per heavy atom. The number of carbonyl (C=O) groups excluding carboxylic acids is 1. The number of aliphatic hydroxyl groups excluding tert-OH is 3. The molecule has 0 bridgehead atoms. The molecular weight excluding hydrogens is 310 g/mol. The van der Waals surface area contributed by atoms with Crippen LogP contribution >= 0.6 is 0 Å². The van der Waals surface area contributed by atoms with E-state index in [-0.39, 0.29) is 26.4 Å². The van der Waals surface area contributed by atoms with E-state index >= 15 is 0 Å². The van der Waals surface area contributed by atoms with E-state index in [1.807, 2.05) is 30.3 Å². The topological polar surface area (TPSA) is 99.0 Å². The summed E-state index contributed by atoms with van der Waals surface area (Å²) in [6.45, 7) is 0.269. The van der Waals surface area contributed by atoms with Crippen LogP contribution in [0, 0.1) is 0 Å². The first-order valence-corrected chi connectivity index (χ1v) is 8.47. The van der Waals surface area contributed by atoms with Crippen LogP contribution in [-0.2, 0) is 11.3 Å². The highest BCUT2D eigenvalue weighted by atomic mass is 16.5. The van der Waals surface area contributed by atoms with Gasteiger partial charge in [0.15, 0.2) is 0 Å². The number of hydrogen-bond acceptors (Lipinski definition) is 5. The van der Waals surface area contributed by atoms with Gasteiger partial charge in [-0.25, -0.2) is 4.79 Å². The van der Waals surface area contributed by atoms with Crippen molar-refractivity contribution in [2.45, 2.75) is 50.7 Å². The Bertz CT molecular complexity index is 430. The van der Waals surface area contributed by atoms with Gasteiger partial charge in [0.05, 0.1) is 0 Å². The van der Waals surface area contributed by atoms with Crippen LogP contribution in [-0.4, -0.2) is 46.8 Å². The van der Waals surface area contributed by atoms with E-state index in [1.54, 1.807) is 0 Å². The molecule has 0 aliphatic carbocycles. The van der Waals surface area contributed by atoms with Gasteiger partial charge in [-0.1, -0.05) is 30.3 Å². The molecule has 1 rings (SSSR count). The number of rotatable bonds is 12. The summed E-state index contributed by atoms with van der Waals surface area (Å²) in [5.74, 6) is 0. The predicted octanol–water partition coefficient (Wildman–Crippen LogP) is 1.97. The van der Waals surface area contributed by atoms with Gasteiger partial charge in [0, 0.05) is 25.4 Å². The van der Waals surface area contributed by atoms with Crippen molar-refractivity contribution in [1.82, 2.24) is 5.32 Å². The lowest BCUT2D eigenvalue weighted by Gasteiger charge is -2.34. The number of ether oxygens (including phenoxy) is 1. The summed E-state index contributed by atoms with van der Waals surface area (Å²) in [6, 6.07) is 9.41. The summed E-state index contributed by atoms with van der Waals surface area (Å²) in [5, 5.41) is 30.3. The highest BCUT2D eigenvalue weighted by molar-refractivity contribution is 5.68. The molecule has 1 amide bonds. The van der Waals surface area contributed by atoms with E-state index in [4.69, 9.17) is 20.1 Å². The summed E-state index contributed by atoms with van der Waals surface area (Å²) in [7, 11) is 0. The van der Waals surface area contributed by atoms with Crippen molar-refractivity contribution in [1.29, 1.82) is 0 Å². The largest absolute Gasteiger partial charge is 0.445 e. The van der Waals surface area contributed by atoms with Crippen LogP contribution in [0.3, 0.4) is 0 Å². The zero-order chi connectivity index (χ0) is 17.7. The Morgan fingerprint density at radius 1 is 0.917 bits per heavy atom. The van der Waals surface area contributed by atoms with Gasteiger partial charge in [0.2, 0.25) is 0 Å². The Labute approximate surface area is 143 Å². The first kappa shape index (κ1) is 20.4. The highest BCUT2D eigenvalue weighted by Gasteiger charge is 2.31. The molecule has 1 aromatic carbocycles. The summed E-state index contributed by atoms with van der Waals surface area (Å²) in [6.07, 6.45) is 2.81. The Hall–Kier alpha value is -1.63. The van der Waals surface area contributed by atoms with Crippen molar-refractivity contribution in [3.8, 4) is 0 Å². The quantitative estimate of drug-likeness (QED) is 0.467. The third-order valence-corrected chi connectivity index (χ3v) is 4.02.